The van der Waals surface area contributed by atoms with Crippen LogP contribution in [-0.2, 0) is 4.79 Å². The molecule has 0 spiro atoms. The van der Waals surface area contributed by atoms with E-state index in [1.54, 1.807) is 0 Å². The Balaban J connectivity index is 1.83. The molecule has 1 aliphatic carbocycles. The summed E-state index contributed by atoms with van der Waals surface area (Å²) in [6.07, 6.45) is 5.99. The highest BCUT2D eigenvalue weighted by Gasteiger charge is 2.38. The maximum atomic E-state index is 12.2. The van der Waals surface area contributed by atoms with E-state index in [-0.39, 0.29) is 18.5 Å². The van der Waals surface area contributed by atoms with Gasteiger partial charge in [0.15, 0.2) is 0 Å². The number of aliphatic carboxylic acids is 1. The van der Waals surface area contributed by atoms with Crippen molar-refractivity contribution >= 4 is 12.0 Å². The third kappa shape index (κ3) is 3.85. The van der Waals surface area contributed by atoms with Crippen LogP contribution in [0.1, 0.15) is 51.9 Å². The lowest BCUT2D eigenvalue weighted by Crippen LogP contribution is -2.49. The summed E-state index contributed by atoms with van der Waals surface area (Å²) < 4.78 is 0. The monoisotopic (exact) mass is 268 g/mol. The minimum Gasteiger partial charge on any atom is -0.481 e. The minimum atomic E-state index is -0.779. The van der Waals surface area contributed by atoms with Gasteiger partial charge in [0.25, 0.3) is 0 Å². The van der Waals surface area contributed by atoms with Gasteiger partial charge in [-0.15, -0.1) is 0 Å². The number of piperidine rings is 1. The van der Waals surface area contributed by atoms with Gasteiger partial charge in [-0.2, -0.15) is 0 Å². The fraction of sp³-hybridized carbons (Fsp3) is 0.857. The van der Waals surface area contributed by atoms with Crippen LogP contribution in [0.25, 0.3) is 0 Å². The summed E-state index contributed by atoms with van der Waals surface area (Å²) in [4.78, 5) is 24.8. The summed E-state index contributed by atoms with van der Waals surface area (Å²) in [5, 5.41) is 11.9. The third-order valence-corrected chi connectivity index (χ3v) is 4.34. The van der Waals surface area contributed by atoms with Gasteiger partial charge in [-0.1, -0.05) is 13.3 Å². The standard InChI is InChI=1S/C14H24N2O3/c1-2-10-9-12(10)15-14(19)16-8-4-3-5-11(16)6-7-13(17)18/h10-12H,2-9H2,1H3,(H,15,19)(H,17,18). The number of carboxylic acid groups (broad SMARTS) is 1. The second-order valence-corrected chi connectivity index (χ2v) is 5.74. The zero-order chi connectivity index (χ0) is 13.8. The predicted octanol–water partition coefficient (Wildman–Crippen LogP) is 2.21. The molecule has 1 saturated carbocycles. The van der Waals surface area contributed by atoms with E-state index in [9.17, 15) is 9.59 Å². The number of likely N-dealkylation sites (tertiary alicyclic amines) is 1. The first kappa shape index (κ1) is 14.2. The van der Waals surface area contributed by atoms with E-state index in [0.717, 1.165) is 38.6 Å². The average Bonchev–Trinajstić information content (AvgIpc) is 3.15. The number of amides is 2. The van der Waals surface area contributed by atoms with Crippen LogP contribution in [-0.4, -0.2) is 40.6 Å². The number of hydrogen-bond donors (Lipinski definition) is 2. The van der Waals surface area contributed by atoms with Crippen molar-refractivity contribution < 1.29 is 14.7 Å². The number of nitrogens with zero attached hydrogens (tertiary/aromatic N) is 1. The molecule has 1 heterocycles. The molecule has 2 amide bonds. The Morgan fingerprint density at radius 1 is 1.37 bits per heavy atom. The lowest BCUT2D eigenvalue weighted by Gasteiger charge is -2.35. The van der Waals surface area contributed by atoms with Crippen LogP contribution in [0.3, 0.4) is 0 Å². The number of carbonyl (C=O) groups is 2. The van der Waals surface area contributed by atoms with Crippen molar-refractivity contribution in [3.8, 4) is 0 Å². The largest absolute Gasteiger partial charge is 0.481 e. The molecule has 2 N–H and O–H groups in total. The molecule has 0 bridgehead atoms. The summed E-state index contributed by atoms with van der Waals surface area (Å²) in [7, 11) is 0. The lowest BCUT2D eigenvalue weighted by atomic mass is 9.98. The smallest absolute Gasteiger partial charge is 0.317 e. The van der Waals surface area contributed by atoms with Crippen LogP contribution >= 0.6 is 0 Å². The average molecular weight is 268 g/mol. The molecule has 0 aromatic carbocycles. The molecule has 2 fully saturated rings. The maximum Gasteiger partial charge on any atom is 0.317 e. The Bertz CT molecular complexity index is 346. The first-order valence-electron chi connectivity index (χ1n) is 7.40. The summed E-state index contributed by atoms with van der Waals surface area (Å²) in [6.45, 7) is 2.91. The van der Waals surface area contributed by atoms with Crippen LogP contribution < -0.4 is 5.32 Å². The van der Waals surface area contributed by atoms with E-state index < -0.39 is 5.97 Å². The SMILES string of the molecule is CCC1CC1NC(=O)N1CCCCC1CCC(=O)O. The summed E-state index contributed by atoms with van der Waals surface area (Å²) in [5.74, 6) is -0.134. The van der Waals surface area contributed by atoms with Crippen molar-refractivity contribution in [1.82, 2.24) is 10.2 Å². The first-order chi connectivity index (χ1) is 9.11. The summed E-state index contributed by atoms with van der Waals surface area (Å²) >= 11 is 0. The van der Waals surface area contributed by atoms with E-state index in [0.29, 0.717) is 18.4 Å². The van der Waals surface area contributed by atoms with Crippen molar-refractivity contribution in [2.24, 2.45) is 5.92 Å². The van der Waals surface area contributed by atoms with E-state index in [4.69, 9.17) is 5.11 Å². The van der Waals surface area contributed by atoms with Crippen LogP contribution in [0.2, 0.25) is 0 Å². The molecule has 2 aliphatic rings. The molecule has 5 heteroatoms. The van der Waals surface area contributed by atoms with Gasteiger partial charge in [0.1, 0.15) is 0 Å². The number of carbonyl (C=O) groups excluding carboxylic acids is 1. The van der Waals surface area contributed by atoms with Gasteiger partial charge >= 0.3 is 12.0 Å². The zero-order valence-electron chi connectivity index (χ0n) is 11.6. The highest BCUT2D eigenvalue weighted by Crippen LogP contribution is 2.33. The van der Waals surface area contributed by atoms with Gasteiger partial charge in [0.2, 0.25) is 0 Å². The Hall–Kier alpha value is -1.26. The summed E-state index contributed by atoms with van der Waals surface area (Å²) in [5.41, 5.74) is 0. The van der Waals surface area contributed by atoms with E-state index >= 15 is 0 Å². The van der Waals surface area contributed by atoms with Crippen LogP contribution in [0, 0.1) is 5.92 Å². The molecule has 1 aliphatic heterocycles. The molecule has 2 rings (SSSR count). The molecule has 3 unspecified atom stereocenters. The highest BCUT2D eigenvalue weighted by atomic mass is 16.4. The predicted molar refractivity (Wildman–Crippen MR) is 71.9 cm³/mol. The van der Waals surface area contributed by atoms with Gasteiger partial charge in [-0.25, -0.2) is 4.79 Å². The van der Waals surface area contributed by atoms with E-state index in [2.05, 4.69) is 12.2 Å². The zero-order valence-corrected chi connectivity index (χ0v) is 11.6. The third-order valence-electron chi connectivity index (χ3n) is 4.34. The maximum absolute atomic E-state index is 12.2. The number of rotatable bonds is 5. The topological polar surface area (TPSA) is 69.6 Å². The highest BCUT2D eigenvalue weighted by molar-refractivity contribution is 5.75. The van der Waals surface area contributed by atoms with Crippen molar-refractivity contribution in [2.75, 3.05) is 6.54 Å². The number of urea groups is 1. The van der Waals surface area contributed by atoms with E-state index in [1.807, 2.05) is 4.90 Å². The molecular formula is C14H24N2O3. The molecular weight excluding hydrogens is 244 g/mol. The van der Waals surface area contributed by atoms with Crippen molar-refractivity contribution in [3.05, 3.63) is 0 Å². The fourth-order valence-corrected chi connectivity index (χ4v) is 2.98. The molecule has 19 heavy (non-hydrogen) atoms. The second kappa shape index (κ2) is 6.26. The lowest BCUT2D eigenvalue weighted by molar-refractivity contribution is -0.137. The van der Waals surface area contributed by atoms with Crippen molar-refractivity contribution in [3.63, 3.8) is 0 Å². The molecule has 3 atom stereocenters. The second-order valence-electron chi connectivity index (χ2n) is 5.74. The molecule has 0 radical (unpaired) electrons. The summed E-state index contributed by atoms with van der Waals surface area (Å²) in [6, 6.07) is 0.458. The molecule has 0 aromatic rings. The Labute approximate surface area is 114 Å². The number of hydrogen-bond acceptors (Lipinski definition) is 2. The van der Waals surface area contributed by atoms with Gasteiger partial charge in [-0.05, 0) is 38.0 Å². The fourth-order valence-electron chi connectivity index (χ4n) is 2.98. The minimum absolute atomic E-state index is 0.0102. The van der Waals surface area contributed by atoms with Crippen LogP contribution in [0.15, 0.2) is 0 Å². The normalized spacial score (nSPS) is 29.9. The van der Waals surface area contributed by atoms with Gasteiger partial charge in [0.05, 0.1) is 0 Å². The molecule has 1 saturated heterocycles. The molecule has 108 valence electrons. The van der Waals surface area contributed by atoms with Crippen molar-refractivity contribution in [2.45, 2.75) is 64.0 Å². The number of carboxylic acids is 1. The Morgan fingerprint density at radius 3 is 2.79 bits per heavy atom. The van der Waals surface area contributed by atoms with Crippen LogP contribution in [0.5, 0.6) is 0 Å². The quantitative estimate of drug-likeness (QED) is 0.803. The first-order valence-corrected chi connectivity index (χ1v) is 7.40. The van der Waals surface area contributed by atoms with Gasteiger partial charge in [0, 0.05) is 25.0 Å². The van der Waals surface area contributed by atoms with Crippen LogP contribution in [0.4, 0.5) is 4.79 Å². The van der Waals surface area contributed by atoms with Gasteiger partial charge in [-0.3, -0.25) is 4.79 Å². The van der Waals surface area contributed by atoms with Gasteiger partial charge < -0.3 is 15.3 Å². The van der Waals surface area contributed by atoms with Crippen molar-refractivity contribution in [1.29, 1.82) is 0 Å². The Morgan fingerprint density at radius 2 is 2.16 bits per heavy atom. The molecule has 0 aromatic heterocycles. The number of nitrogens with one attached hydrogen (secondary N) is 1. The Kier molecular flexibility index (Phi) is 4.66. The molecule has 5 nitrogen and oxygen atoms in total. The van der Waals surface area contributed by atoms with E-state index in [1.165, 1.54) is 0 Å².